The zero-order valence-electron chi connectivity index (χ0n) is 36.4. The van der Waals surface area contributed by atoms with Gasteiger partial charge in [-0.3, -0.25) is 0 Å². The third-order valence-electron chi connectivity index (χ3n) is 13.3. The SMILES string of the molecule is c1ccc(-c2nc(-c3ccc(-c4ccc5cc(-c6c7ccccc7c(-c7ccccc7)c7ccc8ccccc8c67)ccc5c4)cc3)cc(-c3ccc(-c4cc5ccccc5s4)cc3)n2)cc1. The average Bonchev–Trinajstić information content (AvgIpc) is 3.85. The van der Waals surface area contributed by atoms with Crippen LogP contribution in [-0.4, -0.2) is 9.97 Å². The van der Waals surface area contributed by atoms with E-state index in [0.717, 1.165) is 33.6 Å². The van der Waals surface area contributed by atoms with Gasteiger partial charge in [-0.05, 0) is 118 Å². The molecule has 0 aliphatic rings. The molecule has 13 aromatic rings. The van der Waals surface area contributed by atoms with Crippen molar-refractivity contribution >= 4 is 64.5 Å². The second-order valence-electron chi connectivity index (χ2n) is 17.3. The second kappa shape index (κ2) is 16.2. The number of thiophene rings is 1. The van der Waals surface area contributed by atoms with Crippen LogP contribution in [0.4, 0.5) is 0 Å². The molecule has 0 fully saturated rings. The summed E-state index contributed by atoms with van der Waals surface area (Å²) in [7, 11) is 0. The fraction of sp³-hybridized carbons (Fsp3) is 0. The fourth-order valence-corrected chi connectivity index (χ4v) is 11.0. The highest BCUT2D eigenvalue weighted by atomic mass is 32.1. The molecule has 11 aromatic carbocycles. The molecule has 0 aliphatic carbocycles. The zero-order valence-corrected chi connectivity index (χ0v) is 37.2. The van der Waals surface area contributed by atoms with Gasteiger partial charge >= 0.3 is 0 Å². The molecule has 0 amide bonds. The molecule has 0 saturated carbocycles. The van der Waals surface area contributed by atoms with Gasteiger partial charge in [-0.2, -0.15) is 0 Å². The number of fused-ring (bicyclic) bond motifs is 6. The van der Waals surface area contributed by atoms with Gasteiger partial charge in [0.2, 0.25) is 0 Å². The molecule has 0 N–H and O–H groups in total. The van der Waals surface area contributed by atoms with Crippen LogP contribution in [0.25, 0.3) is 131 Å². The summed E-state index contributed by atoms with van der Waals surface area (Å²) < 4.78 is 1.30. The molecule has 3 heteroatoms. The lowest BCUT2D eigenvalue weighted by molar-refractivity contribution is 1.18. The first-order valence-corrected chi connectivity index (χ1v) is 23.6. The smallest absolute Gasteiger partial charge is 0.160 e. The minimum Gasteiger partial charge on any atom is -0.228 e. The maximum absolute atomic E-state index is 5.13. The summed E-state index contributed by atoms with van der Waals surface area (Å²) >= 11 is 1.83. The van der Waals surface area contributed by atoms with Crippen LogP contribution in [0.1, 0.15) is 0 Å². The van der Waals surface area contributed by atoms with E-state index in [0.29, 0.717) is 5.82 Å². The van der Waals surface area contributed by atoms with Crippen molar-refractivity contribution in [2.45, 2.75) is 0 Å². The fourth-order valence-electron chi connectivity index (χ4n) is 9.97. The first-order valence-electron chi connectivity index (χ1n) is 22.8. The van der Waals surface area contributed by atoms with Crippen LogP contribution >= 0.6 is 11.3 Å². The highest BCUT2D eigenvalue weighted by Crippen LogP contribution is 2.47. The van der Waals surface area contributed by atoms with E-state index in [2.05, 4.69) is 224 Å². The number of benzene rings is 11. The van der Waals surface area contributed by atoms with Crippen LogP contribution in [0.15, 0.2) is 243 Å². The summed E-state index contributed by atoms with van der Waals surface area (Å²) in [5.74, 6) is 0.709. The molecule has 0 unspecified atom stereocenters. The Labute approximate surface area is 392 Å². The van der Waals surface area contributed by atoms with Gasteiger partial charge in [0.25, 0.3) is 0 Å². The molecule has 0 saturated heterocycles. The van der Waals surface area contributed by atoms with Crippen molar-refractivity contribution in [3.8, 4) is 77.7 Å². The topological polar surface area (TPSA) is 25.8 Å². The van der Waals surface area contributed by atoms with Crippen molar-refractivity contribution in [3.63, 3.8) is 0 Å². The van der Waals surface area contributed by atoms with Crippen LogP contribution in [-0.2, 0) is 0 Å². The van der Waals surface area contributed by atoms with Crippen molar-refractivity contribution in [3.05, 3.63) is 243 Å². The second-order valence-corrected chi connectivity index (χ2v) is 18.4. The van der Waals surface area contributed by atoms with Crippen molar-refractivity contribution in [1.29, 1.82) is 0 Å². The molecule has 0 atom stereocenters. The molecule has 67 heavy (non-hydrogen) atoms. The summed E-state index contributed by atoms with van der Waals surface area (Å²) in [4.78, 5) is 11.5. The van der Waals surface area contributed by atoms with Gasteiger partial charge in [-0.1, -0.05) is 212 Å². The summed E-state index contributed by atoms with van der Waals surface area (Å²) in [5.41, 5.74) is 13.4. The van der Waals surface area contributed by atoms with Crippen LogP contribution in [0.2, 0.25) is 0 Å². The van der Waals surface area contributed by atoms with Crippen molar-refractivity contribution in [2.24, 2.45) is 0 Å². The standard InChI is InChI=1S/C64H40N2S/c1-3-14-46(15-4-1)61-54-20-10-11-21-55(54)62(63-53-19-9-7-13-42(53)35-36-56(61)63)52-34-33-49-37-48(31-32-50(49)38-52)41-23-25-43(26-24-41)57-40-58(66-64(65-57)47-16-5-2-6-17-47)44-27-29-45(30-28-44)60-39-51-18-8-12-22-59(51)67-60/h1-40H. The predicted molar refractivity (Wildman–Crippen MR) is 285 cm³/mol. The summed E-state index contributed by atoms with van der Waals surface area (Å²) in [6.45, 7) is 0. The Kier molecular flexibility index (Phi) is 9.40. The Morgan fingerprint density at radius 1 is 0.269 bits per heavy atom. The van der Waals surface area contributed by atoms with Gasteiger partial charge in [0.1, 0.15) is 0 Å². The van der Waals surface area contributed by atoms with Crippen LogP contribution in [0, 0.1) is 0 Å². The van der Waals surface area contributed by atoms with Crippen molar-refractivity contribution < 1.29 is 0 Å². The highest BCUT2D eigenvalue weighted by molar-refractivity contribution is 7.22. The van der Waals surface area contributed by atoms with E-state index < -0.39 is 0 Å². The molecule has 2 aromatic heterocycles. The van der Waals surface area contributed by atoms with Crippen molar-refractivity contribution in [1.82, 2.24) is 9.97 Å². The largest absolute Gasteiger partial charge is 0.228 e. The van der Waals surface area contributed by atoms with E-state index in [4.69, 9.17) is 9.97 Å². The highest BCUT2D eigenvalue weighted by Gasteiger charge is 2.19. The molecule has 0 aliphatic heterocycles. The minimum absolute atomic E-state index is 0.709. The Morgan fingerprint density at radius 2 is 0.776 bits per heavy atom. The van der Waals surface area contributed by atoms with Gasteiger partial charge in [0.15, 0.2) is 5.82 Å². The number of aromatic nitrogens is 2. The lowest BCUT2D eigenvalue weighted by atomic mass is 9.83. The molecule has 2 nitrogen and oxygen atoms in total. The number of hydrogen-bond donors (Lipinski definition) is 0. The van der Waals surface area contributed by atoms with E-state index in [1.807, 2.05) is 29.5 Å². The third-order valence-corrected chi connectivity index (χ3v) is 14.4. The predicted octanol–water partition coefficient (Wildman–Crippen LogP) is 18.0. The molecule has 13 rings (SSSR count). The van der Waals surface area contributed by atoms with E-state index in [1.54, 1.807) is 0 Å². The maximum atomic E-state index is 5.13. The Hall–Kier alpha value is -8.50. The van der Waals surface area contributed by atoms with Gasteiger partial charge in [0.05, 0.1) is 11.4 Å². The molecule has 0 bridgehead atoms. The first-order chi connectivity index (χ1) is 33.2. The van der Waals surface area contributed by atoms with E-state index in [1.165, 1.54) is 91.4 Å². The van der Waals surface area contributed by atoms with Gasteiger partial charge in [-0.15, -0.1) is 11.3 Å². The Bertz CT molecular complexity index is 3970. The summed E-state index contributed by atoms with van der Waals surface area (Å²) in [6, 6.07) is 87.8. The summed E-state index contributed by atoms with van der Waals surface area (Å²) in [6.07, 6.45) is 0. The lowest BCUT2D eigenvalue weighted by Gasteiger charge is -2.19. The molecule has 312 valence electrons. The quantitative estimate of drug-likeness (QED) is 0.118. The van der Waals surface area contributed by atoms with Crippen LogP contribution in [0.5, 0.6) is 0 Å². The maximum Gasteiger partial charge on any atom is 0.160 e. The number of rotatable bonds is 7. The normalized spacial score (nSPS) is 11.6. The van der Waals surface area contributed by atoms with Crippen LogP contribution in [0.3, 0.4) is 0 Å². The monoisotopic (exact) mass is 868 g/mol. The van der Waals surface area contributed by atoms with Crippen molar-refractivity contribution in [2.75, 3.05) is 0 Å². The zero-order chi connectivity index (χ0) is 44.3. The molecule has 0 radical (unpaired) electrons. The van der Waals surface area contributed by atoms with E-state index in [-0.39, 0.29) is 0 Å². The average molecular weight is 869 g/mol. The third kappa shape index (κ3) is 6.96. The van der Waals surface area contributed by atoms with Crippen LogP contribution < -0.4 is 0 Å². The molecular weight excluding hydrogens is 829 g/mol. The van der Waals surface area contributed by atoms with E-state index >= 15 is 0 Å². The minimum atomic E-state index is 0.709. The number of nitrogens with zero attached hydrogens (tertiary/aromatic N) is 2. The first kappa shape index (κ1) is 38.9. The molecular formula is C64H40N2S. The van der Waals surface area contributed by atoms with E-state index in [9.17, 15) is 0 Å². The van der Waals surface area contributed by atoms with Gasteiger partial charge < -0.3 is 0 Å². The Balaban J connectivity index is 0.859. The molecule has 0 spiro atoms. The van der Waals surface area contributed by atoms with Gasteiger partial charge in [0, 0.05) is 26.3 Å². The van der Waals surface area contributed by atoms with Gasteiger partial charge in [-0.25, -0.2) is 9.97 Å². The Morgan fingerprint density at radius 3 is 1.46 bits per heavy atom. The lowest BCUT2D eigenvalue weighted by Crippen LogP contribution is -1.96. The molecule has 2 heterocycles. The summed E-state index contributed by atoms with van der Waals surface area (Å²) in [5, 5.41) is 11.3. The number of hydrogen-bond acceptors (Lipinski definition) is 3.